The number of hydrogen-bond acceptors (Lipinski definition) is 5. The molecule has 1 aromatic rings. The maximum absolute atomic E-state index is 4.87. The zero-order valence-electron chi connectivity index (χ0n) is 17.5. The first-order valence-electron chi connectivity index (χ1n) is 11.3. The van der Waals surface area contributed by atoms with Gasteiger partial charge in [0.25, 0.3) is 0 Å². The highest BCUT2D eigenvalue weighted by Crippen LogP contribution is 2.20. The fraction of sp³-hybridized carbons (Fsp3) is 0.818. The van der Waals surface area contributed by atoms with E-state index >= 15 is 0 Å². The molecule has 2 saturated heterocycles. The molecule has 0 unspecified atom stereocenters. The van der Waals surface area contributed by atoms with Gasteiger partial charge < -0.3 is 15.1 Å². The molecule has 0 spiro atoms. The summed E-state index contributed by atoms with van der Waals surface area (Å²) >= 11 is 0. The third kappa shape index (κ3) is 6.34. The lowest BCUT2D eigenvalue weighted by Crippen LogP contribution is -2.38. The predicted octanol–water partition coefficient (Wildman–Crippen LogP) is 4.56. The van der Waals surface area contributed by atoms with Gasteiger partial charge in [0.15, 0.2) is 0 Å². The van der Waals surface area contributed by atoms with Gasteiger partial charge in [-0.3, -0.25) is 0 Å². The molecular formula is C22H39N5. The van der Waals surface area contributed by atoms with Crippen molar-refractivity contribution in [1.82, 2.24) is 14.9 Å². The minimum absolute atomic E-state index is 0.459. The first-order valence-corrected chi connectivity index (χ1v) is 11.3. The Hall–Kier alpha value is -1.36. The smallest absolute Gasteiger partial charge is 0.224 e. The number of hydrogen-bond donors (Lipinski definition) is 1. The van der Waals surface area contributed by atoms with Crippen LogP contribution in [-0.2, 0) is 0 Å². The van der Waals surface area contributed by atoms with Gasteiger partial charge >= 0.3 is 0 Å². The van der Waals surface area contributed by atoms with Gasteiger partial charge in [0.05, 0.1) is 0 Å². The molecule has 3 heterocycles. The maximum Gasteiger partial charge on any atom is 0.224 e. The average molecular weight is 374 g/mol. The second-order valence-corrected chi connectivity index (χ2v) is 8.42. The number of rotatable bonds is 7. The third-order valence-corrected chi connectivity index (χ3v) is 6.33. The Bertz CT molecular complexity index is 537. The summed E-state index contributed by atoms with van der Waals surface area (Å²) in [4.78, 5) is 14.5. The normalized spacial score (nSPS) is 22.5. The van der Waals surface area contributed by atoms with Gasteiger partial charge in [-0.15, -0.1) is 0 Å². The lowest BCUT2D eigenvalue weighted by Gasteiger charge is -2.28. The van der Waals surface area contributed by atoms with Crippen molar-refractivity contribution in [2.75, 3.05) is 42.9 Å². The molecule has 1 atom stereocenters. The summed E-state index contributed by atoms with van der Waals surface area (Å²) in [5, 5.41) is 3.66. The van der Waals surface area contributed by atoms with E-state index < -0.39 is 0 Å². The van der Waals surface area contributed by atoms with Crippen molar-refractivity contribution in [2.24, 2.45) is 5.92 Å². The number of nitrogens with one attached hydrogen (secondary N) is 1. The summed E-state index contributed by atoms with van der Waals surface area (Å²) in [5.41, 5.74) is 0. The van der Waals surface area contributed by atoms with Crippen molar-refractivity contribution in [3.05, 3.63) is 12.3 Å². The summed E-state index contributed by atoms with van der Waals surface area (Å²) in [6, 6.07) is 2.53. The first-order chi connectivity index (χ1) is 13.3. The van der Waals surface area contributed by atoms with Crippen molar-refractivity contribution in [3.63, 3.8) is 0 Å². The highest BCUT2D eigenvalue weighted by molar-refractivity contribution is 5.43. The maximum atomic E-state index is 4.87. The second kappa shape index (κ2) is 10.8. The van der Waals surface area contributed by atoms with Gasteiger partial charge in [-0.05, 0) is 44.2 Å². The summed E-state index contributed by atoms with van der Waals surface area (Å²) in [6.45, 7) is 10.5. The molecule has 0 aromatic carbocycles. The van der Waals surface area contributed by atoms with Crippen molar-refractivity contribution >= 4 is 11.8 Å². The quantitative estimate of drug-likeness (QED) is 0.759. The summed E-state index contributed by atoms with van der Waals surface area (Å²) < 4.78 is 0. The SMILES string of the molecule is CCC(CC)CN1CCCC[C@H](Nc2nccc(N3CCCCCC3)n2)C1. The van der Waals surface area contributed by atoms with Crippen LogP contribution in [0.1, 0.15) is 71.6 Å². The zero-order chi connectivity index (χ0) is 18.9. The highest BCUT2D eigenvalue weighted by Gasteiger charge is 2.21. The number of nitrogens with zero attached hydrogens (tertiary/aromatic N) is 4. The van der Waals surface area contributed by atoms with E-state index in [9.17, 15) is 0 Å². The first kappa shape index (κ1) is 20.4. The van der Waals surface area contributed by atoms with Crippen molar-refractivity contribution in [2.45, 2.75) is 77.7 Å². The van der Waals surface area contributed by atoms with E-state index in [1.165, 1.54) is 70.9 Å². The minimum Gasteiger partial charge on any atom is -0.356 e. The fourth-order valence-corrected chi connectivity index (χ4v) is 4.49. The van der Waals surface area contributed by atoms with E-state index in [4.69, 9.17) is 4.98 Å². The van der Waals surface area contributed by atoms with Crippen LogP contribution < -0.4 is 10.2 Å². The van der Waals surface area contributed by atoms with Crippen LogP contribution in [0.15, 0.2) is 12.3 Å². The second-order valence-electron chi connectivity index (χ2n) is 8.42. The molecule has 27 heavy (non-hydrogen) atoms. The molecule has 3 rings (SSSR count). The molecule has 5 heteroatoms. The van der Waals surface area contributed by atoms with E-state index in [2.05, 4.69) is 40.0 Å². The molecule has 0 saturated carbocycles. The van der Waals surface area contributed by atoms with E-state index in [0.717, 1.165) is 37.3 Å². The van der Waals surface area contributed by atoms with E-state index in [1.807, 2.05) is 6.20 Å². The lowest BCUT2D eigenvalue weighted by molar-refractivity contribution is 0.226. The number of anilines is 2. The largest absolute Gasteiger partial charge is 0.356 e. The van der Waals surface area contributed by atoms with Gasteiger partial charge in [0.1, 0.15) is 5.82 Å². The van der Waals surface area contributed by atoms with E-state index in [0.29, 0.717) is 6.04 Å². The summed E-state index contributed by atoms with van der Waals surface area (Å²) in [7, 11) is 0. The Morgan fingerprint density at radius 2 is 1.78 bits per heavy atom. The number of likely N-dealkylation sites (tertiary alicyclic amines) is 1. The lowest BCUT2D eigenvalue weighted by atomic mass is 10.0. The zero-order valence-corrected chi connectivity index (χ0v) is 17.5. The van der Waals surface area contributed by atoms with E-state index in [-0.39, 0.29) is 0 Å². The molecule has 0 radical (unpaired) electrons. The molecule has 0 amide bonds. The van der Waals surface area contributed by atoms with Crippen LogP contribution >= 0.6 is 0 Å². The van der Waals surface area contributed by atoms with Crippen molar-refractivity contribution in [3.8, 4) is 0 Å². The van der Waals surface area contributed by atoms with Gasteiger partial charge in [0.2, 0.25) is 5.95 Å². The Balaban J connectivity index is 1.60. The summed E-state index contributed by atoms with van der Waals surface area (Å²) in [5.74, 6) is 2.73. The monoisotopic (exact) mass is 373 g/mol. The predicted molar refractivity (Wildman–Crippen MR) is 114 cm³/mol. The fourth-order valence-electron chi connectivity index (χ4n) is 4.49. The number of aromatic nitrogens is 2. The van der Waals surface area contributed by atoms with Crippen LogP contribution in [0.5, 0.6) is 0 Å². The molecule has 1 aromatic heterocycles. The molecule has 2 fully saturated rings. The topological polar surface area (TPSA) is 44.3 Å². The van der Waals surface area contributed by atoms with Gasteiger partial charge in [0, 0.05) is 38.4 Å². The van der Waals surface area contributed by atoms with E-state index in [1.54, 1.807) is 0 Å². The Morgan fingerprint density at radius 1 is 1.04 bits per heavy atom. The standard InChI is InChI=1S/C22H39N5/c1-3-19(4-2)17-26-14-10-7-11-20(18-26)24-22-23-13-12-21(25-22)27-15-8-5-6-9-16-27/h12-13,19-20H,3-11,14-18H2,1-2H3,(H,23,24,25)/t20-/m0/s1. The van der Waals surface area contributed by atoms with Crippen LogP contribution in [0.4, 0.5) is 11.8 Å². The molecule has 2 aliphatic heterocycles. The molecule has 152 valence electrons. The van der Waals surface area contributed by atoms with Gasteiger partial charge in [-0.25, -0.2) is 4.98 Å². The molecule has 2 aliphatic rings. The highest BCUT2D eigenvalue weighted by atomic mass is 15.2. The molecular weight excluding hydrogens is 334 g/mol. The average Bonchev–Trinajstić information content (AvgIpc) is 3.09. The van der Waals surface area contributed by atoms with Crippen LogP contribution in [0.25, 0.3) is 0 Å². The van der Waals surface area contributed by atoms with Crippen LogP contribution in [0.2, 0.25) is 0 Å². The Labute approximate surface area is 165 Å². The summed E-state index contributed by atoms with van der Waals surface area (Å²) in [6.07, 6.45) is 13.6. The van der Waals surface area contributed by atoms with Gasteiger partial charge in [-0.2, -0.15) is 4.98 Å². The molecule has 0 bridgehead atoms. The van der Waals surface area contributed by atoms with Crippen LogP contribution in [-0.4, -0.2) is 53.6 Å². The molecule has 1 N–H and O–H groups in total. The molecule has 5 nitrogen and oxygen atoms in total. The van der Waals surface area contributed by atoms with Crippen molar-refractivity contribution < 1.29 is 0 Å². The third-order valence-electron chi connectivity index (χ3n) is 6.33. The van der Waals surface area contributed by atoms with Gasteiger partial charge in [-0.1, -0.05) is 46.0 Å². The minimum atomic E-state index is 0.459. The Morgan fingerprint density at radius 3 is 2.52 bits per heavy atom. The van der Waals surface area contributed by atoms with Crippen molar-refractivity contribution in [1.29, 1.82) is 0 Å². The van der Waals surface area contributed by atoms with Crippen LogP contribution in [0.3, 0.4) is 0 Å². The van der Waals surface area contributed by atoms with Crippen LogP contribution in [0, 0.1) is 5.92 Å². The Kier molecular flexibility index (Phi) is 8.18. The molecule has 0 aliphatic carbocycles.